The Morgan fingerprint density at radius 1 is 0.833 bits per heavy atom. The van der Waals surface area contributed by atoms with Crippen LogP contribution in [0.15, 0.2) is 42.6 Å². The highest BCUT2D eigenvalue weighted by Gasteiger charge is 1.91. The van der Waals surface area contributed by atoms with E-state index >= 15 is 0 Å². The standard InChI is InChI=1S/C17H17N/c1-3-14-5-7-16(8-6-14)10-12-17-11-9-15(4-2)13-18-17/h5-9,11,13H,3-4H2,1-2H3. The van der Waals surface area contributed by atoms with E-state index in [1.165, 1.54) is 11.1 Å². The molecule has 0 amide bonds. The maximum atomic E-state index is 4.32. The van der Waals surface area contributed by atoms with Crippen molar-refractivity contribution < 1.29 is 0 Å². The Morgan fingerprint density at radius 2 is 1.50 bits per heavy atom. The molecule has 0 saturated carbocycles. The van der Waals surface area contributed by atoms with Gasteiger partial charge in [0.1, 0.15) is 5.69 Å². The zero-order valence-corrected chi connectivity index (χ0v) is 10.9. The minimum atomic E-state index is 0.826. The first-order valence-electron chi connectivity index (χ1n) is 6.37. The average molecular weight is 235 g/mol. The van der Waals surface area contributed by atoms with Crippen LogP contribution in [0.25, 0.3) is 0 Å². The number of benzene rings is 1. The first-order valence-corrected chi connectivity index (χ1v) is 6.37. The molecule has 0 fully saturated rings. The molecule has 0 spiro atoms. The van der Waals surface area contributed by atoms with Crippen molar-refractivity contribution in [3.63, 3.8) is 0 Å². The summed E-state index contributed by atoms with van der Waals surface area (Å²) in [5, 5.41) is 0. The Balaban J connectivity index is 2.14. The second-order valence-corrected chi connectivity index (χ2v) is 4.21. The van der Waals surface area contributed by atoms with Crippen LogP contribution in [0.2, 0.25) is 0 Å². The Hall–Kier alpha value is -2.07. The molecule has 0 aliphatic carbocycles. The molecule has 1 heteroatoms. The van der Waals surface area contributed by atoms with Gasteiger partial charge in [-0.25, -0.2) is 4.98 Å². The molecule has 1 heterocycles. The van der Waals surface area contributed by atoms with Crippen molar-refractivity contribution in [2.75, 3.05) is 0 Å². The van der Waals surface area contributed by atoms with Gasteiger partial charge < -0.3 is 0 Å². The van der Waals surface area contributed by atoms with Crippen molar-refractivity contribution in [2.45, 2.75) is 26.7 Å². The lowest BCUT2D eigenvalue weighted by molar-refractivity contribution is 1.10. The second-order valence-electron chi connectivity index (χ2n) is 4.21. The van der Waals surface area contributed by atoms with E-state index in [-0.39, 0.29) is 0 Å². The monoisotopic (exact) mass is 235 g/mol. The SMILES string of the molecule is CCc1ccc(C#Cc2ccc(CC)cn2)cc1. The predicted octanol–water partition coefficient (Wildman–Crippen LogP) is 3.61. The van der Waals surface area contributed by atoms with Crippen LogP contribution in [-0.4, -0.2) is 4.98 Å². The summed E-state index contributed by atoms with van der Waals surface area (Å²) in [5.74, 6) is 6.23. The summed E-state index contributed by atoms with van der Waals surface area (Å²) < 4.78 is 0. The summed E-state index contributed by atoms with van der Waals surface area (Å²) in [5.41, 5.74) is 4.44. The molecule has 2 rings (SSSR count). The maximum absolute atomic E-state index is 4.32. The van der Waals surface area contributed by atoms with E-state index < -0.39 is 0 Å². The first-order chi connectivity index (χ1) is 8.81. The Morgan fingerprint density at radius 3 is 2.06 bits per heavy atom. The zero-order chi connectivity index (χ0) is 12.8. The van der Waals surface area contributed by atoms with Crippen LogP contribution in [0.3, 0.4) is 0 Å². The summed E-state index contributed by atoms with van der Waals surface area (Å²) in [6.45, 7) is 4.28. The number of hydrogen-bond acceptors (Lipinski definition) is 1. The highest BCUT2D eigenvalue weighted by molar-refractivity contribution is 5.41. The molecule has 90 valence electrons. The largest absolute Gasteiger partial charge is 0.248 e. The van der Waals surface area contributed by atoms with Crippen molar-refractivity contribution >= 4 is 0 Å². The van der Waals surface area contributed by atoms with Gasteiger partial charge in [-0.2, -0.15) is 0 Å². The van der Waals surface area contributed by atoms with Crippen LogP contribution < -0.4 is 0 Å². The van der Waals surface area contributed by atoms with E-state index in [0.29, 0.717) is 0 Å². The third kappa shape index (κ3) is 3.21. The van der Waals surface area contributed by atoms with Crippen LogP contribution in [0.4, 0.5) is 0 Å². The van der Waals surface area contributed by atoms with Crippen LogP contribution in [0.1, 0.15) is 36.2 Å². The van der Waals surface area contributed by atoms with Gasteiger partial charge in [0.15, 0.2) is 0 Å². The van der Waals surface area contributed by atoms with Crippen LogP contribution in [-0.2, 0) is 12.8 Å². The highest BCUT2D eigenvalue weighted by atomic mass is 14.7. The van der Waals surface area contributed by atoms with E-state index in [2.05, 4.69) is 61.0 Å². The maximum Gasteiger partial charge on any atom is 0.113 e. The van der Waals surface area contributed by atoms with E-state index in [1.54, 1.807) is 0 Å². The van der Waals surface area contributed by atoms with Gasteiger partial charge in [-0.3, -0.25) is 0 Å². The van der Waals surface area contributed by atoms with Gasteiger partial charge in [0, 0.05) is 11.8 Å². The lowest BCUT2D eigenvalue weighted by atomic mass is 10.1. The summed E-state index contributed by atoms with van der Waals surface area (Å²) in [7, 11) is 0. The molecule has 0 aliphatic heterocycles. The first kappa shape index (κ1) is 12.4. The molecular weight excluding hydrogens is 218 g/mol. The average Bonchev–Trinajstić information content (AvgIpc) is 2.46. The zero-order valence-electron chi connectivity index (χ0n) is 10.9. The molecule has 0 aliphatic rings. The second kappa shape index (κ2) is 6.02. The third-order valence-corrected chi connectivity index (χ3v) is 2.93. The van der Waals surface area contributed by atoms with Gasteiger partial charge in [-0.05, 0) is 48.1 Å². The summed E-state index contributed by atoms with van der Waals surface area (Å²) >= 11 is 0. The molecule has 2 aromatic rings. The summed E-state index contributed by atoms with van der Waals surface area (Å²) in [6.07, 6.45) is 3.97. The smallest absolute Gasteiger partial charge is 0.113 e. The number of nitrogens with zero attached hydrogens (tertiary/aromatic N) is 1. The van der Waals surface area contributed by atoms with E-state index in [4.69, 9.17) is 0 Å². The molecule has 0 bridgehead atoms. The third-order valence-electron chi connectivity index (χ3n) is 2.93. The van der Waals surface area contributed by atoms with Gasteiger partial charge in [0.2, 0.25) is 0 Å². The van der Waals surface area contributed by atoms with Crippen molar-refractivity contribution in [1.82, 2.24) is 4.98 Å². The fraction of sp³-hybridized carbons (Fsp3) is 0.235. The quantitative estimate of drug-likeness (QED) is 0.725. The van der Waals surface area contributed by atoms with Gasteiger partial charge in [-0.15, -0.1) is 0 Å². The number of pyridine rings is 1. The lowest BCUT2D eigenvalue weighted by Crippen LogP contribution is -1.86. The molecule has 1 nitrogen and oxygen atoms in total. The van der Waals surface area contributed by atoms with E-state index in [0.717, 1.165) is 24.1 Å². The minimum Gasteiger partial charge on any atom is -0.248 e. The number of aromatic nitrogens is 1. The predicted molar refractivity (Wildman–Crippen MR) is 75.4 cm³/mol. The molecule has 0 radical (unpaired) electrons. The molecule has 18 heavy (non-hydrogen) atoms. The Bertz CT molecular complexity index is 502. The number of rotatable bonds is 2. The fourth-order valence-electron chi connectivity index (χ4n) is 1.67. The van der Waals surface area contributed by atoms with Gasteiger partial charge in [0.05, 0.1) is 0 Å². The molecule has 0 saturated heterocycles. The highest BCUT2D eigenvalue weighted by Crippen LogP contribution is 2.04. The summed E-state index contributed by atoms with van der Waals surface area (Å²) in [6, 6.07) is 12.4. The van der Waals surface area contributed by atoms with E-state index in [1.807, 2.05) is 12.3 Å². The van der Waals surface area contributed by atoms with Crippen molar-refractivity contribution in [1.29, 1.82) is 0 Å². The topological polar surface area (TPSA) is 12.9 Å². The summed E-state index contributed by atoms with van der Waals surface area (Å²) in [4.78, 5) is 4.32. The molecule has 0 unspecified atom stereocenters. The molecule has 1 aromatic carbocycles. The van der Waals surface area contributed by atoms with Gasteiger partial charge in [0.25, 0.3) is 0 Å². The van der Waals surface area contributed by atoms with Crippen molar-refractivity contribution in [2.24, 2.45) is 0 Å². The van der Waals surface area contributed by atoms with Gasteiger partial charge in [-0.1, -0.05) is 38.0 Å². The van der Waals surface area contributed by atoms with Crippen molar-refractivity contribution in [3.8, 4) is 11.8 Å². The molecule has 0 N–H and O–H groups in total. The fourth-order valence-corrected chi connectivity index (χ4v) is 1.67. The van der Waals surface area contributed by atoms with Crippen molar-refractivity contribution in [3.05, 3.63) is 65.0 Å². The minimum absolute atomic E-state index is 0.826. The van der Waals surface area contributed by atoms with Gasteiger partial charge >= 0.3 is 0 Å². The van der Waals surface area contributed by atoms with Crippen LogP contribution >= 0.6 is 0 Å². The van der Waals surface area contributed by atoms with Crippen LogP contribution in [0.5, 0.6) is 0 Å². The Labute approximate surface area is 109 Å². The lowest BCUT2D eigenvalue weighted by Gasteiger charge is -1.96. The normalized spacial score (nSPS) is 9.67. The molecular formula is C17H17N. The molecule has 0 atom stereocenters. The van der Waals surface area contributed by atoms with E-state index in [9.17, 15) is 0 Å². The van der Waals surface area contributed by atoms with Crippen LogP contribution in [0, 0.1) is 11.8 Å². The molecule has 1 aromatic heterocycles. The number of aryl methyl sites for hydroxylation is 2. The Kier molecular flexibility index (Phi) is 4.15. The number of hydrogen-bond donors (Lipinski definition) is 0.